The predicted molar refractivity (Wildman–Crippen MR) is 74.5 cm³/mol. The van der Waals surface area contributed by atoms with Gasteiger partial charge in [0.15, 0.2) is 5.16 Å². The van der Waals surface area contributed by atoms with E-state index < -0.39 is 0 Å². The van der Waals surface area contributed by atoms with Crippen molar-refractivity contribution in [1.29, 1.82) is 0 Å². The second kappa shape index (κ2) is 6.04. The molecule has 18 heavy (non-hydrogen) atoms. The Hall–Kier alpha value is -1.30. The molecule has 0 bridgehead atoms. The fourth-order valence-corrected chi connectivity index (χ4v) is 1.95. The van der Waals surface area contributed by atoms with E-state index in [2.05, 4.69) is 15.3 Å². The van der Waals surface area contributed by atoms with Gasteiger partial charge in [-0.2, -0.15) is 0 Å². The van der Waals surface area contributed by atoms with Gasteiger partial charge in [-0.05, 0) is 24.5 Å². The summed E-state index contributed by atoms with van der Waals surface area (Å²) in [5, 5.41) is 13.7. The zero-order valence-corrected chi connectivity index (χ0v) is 11.3. The summed E-state index contributed by atoms with van der Waals surface area (Å²) in [6, 6.07) is 7.32. The summed E-state index contributed by atoms with van der Waals surface area (Å²) in [4.78, 5) is 8.44. The molecule has 0 saturated heterocycles. The van der Waals surface area contributed by atoms with Crippen LogP contribution in [0.5, 0.6) is 0 Å². The first-order valence-corrected chi connectivity index (χ1v) is 6.86. The summed E-state index contributed by atoms with van der Waals surface area (Å²) in [6.07, 6.45) is 3.52. The Bertz CT molecular complexity index is 551. The fraction of sp³-hybridized carbons (Fsp3) is 0.167. The van der Waals surface area contributed by atoms with Gasteiger partial charge in [0.05, 0.1) is 6.61 Å². The van der Waals surface area contributed by atoms with Crippen LogP contribution in [0.3, 0.4) is 0 Å². The Morgan fingerprint density at radius 3 is 2.94 bits per heavy atom. The molecular formula is C12H12ClN3OS. The fourth-order valence-electron chi connectivity index (χ4n) is 1.42. The van der Waals surface area contributed by atoms with E-state index in [1.54, 1.807) is 18.3 Å². The van der Waals surface area contributed by atoms with Crippen molar-refractivity contribution in [3.8, 4) is 0 Å². The van der Waals surface area contributed by atoms with E-state index in [4.69, 9.17) is 11.6 Å². The number of hydrogen-bond donors (Lipinski definition) is 2. The van der Waals surface area contributed by atoms with Crippen molar-refractivity contribution < 1.29 is 5.11 Å². The van der Waals surface area contributed by atoms with Gasteiger partial charge in [-0.3, -0.25) is 0 Å². The molecule has 0 aliphatic carbocycles. The van der Waals surface area contributed by atoms with Gasteiger partial charge in [-0.25, -0.2) is 9.97 Å². The minimum atomic E-state index is -0.114. The molecule has 0 aliphatic heterocycles. The van der Waals surface area contributed by atoms with Crippen molar-refractivity contribution in [3.05, 3.63) is 41.0 Å². The van der Waals surface area contributed by atoms with E-state index in [0.29, 0.717) is 21.6 Å². The molecular weight excluding hydrogens is 270 g/mol. The maximum atomic E-state index is 9.26. The molecule has 0 fully saturated rings. The molecule has 94 valence electrons. The van der Waals surface area contributed by atoms with Crippen LogP contribution in [-0.4, -0.2) is 21.3 Å². The Morgan fingerprint density at radius 1 is 1.44 bits per heavy atom. The number of aliphatic hydroxyl groups excluding tert-OH is 1. The van der Waals surface area contributed by atoms with Crippen LogP contribution < -0.4 is 5.32 Å². The lowest BCUT2D eigenvalue weighted by atomic mass is 10.3. The molecule has 6 heteroatoms. The number of thioether (sulfide) groups is 1. The van der Waals surface area contributed by atoms with Crippen LogP contribution in [0, 0.1) is 0 Å². The summed E-state index contributed by atoms with van der Waals surface area (Å²) in [6.45, 7) is -0.114. The average molecular weight is 282 g/mol. The topological polar surface area (TPSA) is 58.0 Å². The molecule has 4 nitrogen and oxygen atoms in total. The average Bonchev–Trinajstić information content (AvgIpc) is 2.38. The van der Waals surface area contributed by atoms with Crippen LogP contribution in [0.4, 0.5) is 11.5 Å². The molecule has 1 aromatic carbocycles. The number of anilines is 2. The van der Waals surface area contributed by atoms with Gasteiger partial charge >= 0.3 is 0 Å². The van der Waals surface area contributed by atoms with Gasteiger partial charge in [0.25, 0.3) is 0 Å². The number of hydrogen-bond acceptors (Lipinski definition) is 5. The third-order valence-corrected chi connectivity index (χ3v) is 3.08. The maximum absolute atomic E-state index is 9.26. The molecule has 1 heterocycles. The van der Waals surface area contributed by atoms with Gasteiger partial charge in [0.2, 0.25) is 0 Å². The maximum Gasteiger partial charge on any atom is 0.189 e. The second-order valence-electron chi connectivity index (χ2n) is 3.52. The summed E-state index contributed by atoms with van der Waals surface area (Å²) >= 11 is 7.36. The molecule has 2 N–H and O–H groups in total. The summed E-state index contributed by atoms with van der Waals surface area (Å²) in [5.41, 5.74) is 1.47. The largest absolute Gasteiger partial charge is 0.391 e. The minimum Gasteiger partial charge on any atom is -0.391 e. The van der Waals surface area contributed by atoms with Crippen molar-refractivity contribution >= 4 is 34.9 Å². The third-order valence-electron chi connectivity index (χ3n) is 2.28. The Morgan fingerprint density at radius 2 is 2.28 bits per heavy atom. The Kier molecular flexibility index (Phi) is 4.41. The monoisotopic (exact) mass is 281 g/mol. The van der Waals surface area contributed by atoms with Gasteiger partial charge in [-0.15, -0.1) is 0 Å². The molecule has 0 spiro atoms. The summed E-state index contributed by atoms with van der Waals surface area (Å²) in [7, 11) is 0. The van der Waals surface area contributed by atoms with Gasteiger partial charge in [-0.1, -0.05) is 29.4 Å². The van der Waals surface area contributed by atoms with E-state index in [-0.39, 0.29) is 6.61 Å². The first-order chi connectivity index (χ1) is 8.72. The Labute approximate surface area is 114 Å². The van der Waals surface area contributed by atoms with Crippen molar-refractivity contribution in [2.75, 3.05) is 11.6 Å². The van der Waals surface area contributed by atoms with Crippen LogP contribution >= 0.6 is 23.4 Å². The van der Waals surface area contributed by atoms with E-state index >= 15 is 0 Å². The van der Waals surface area contributed by atoms with Crippen molar-refractivity contribution in [3.63, 3.8) is 0 Å². The van der Waals surface area contributed by atoms with E-state index in [0.717, 1.165) is 5.69 Å². The van der Waals surface area contributed by atoms with Crippen LogP contribution in [0.25, 0.3) is 0 Å². The number of benzene rings is 1. The van der Waals surface area contributed by atoms with Crippen LogP contribution in [-0.2, 0) is 6.61 Å². The molecule has 1 aromatic heterocycles. The zero-order chi connectivity index (χ0) is 13.0. The minimum absolute atomic E-state index is 0.114. The van der Waals surface area contributed by atoms with Crippen LogP contribution in [0.1, 0.15) is 5.56 Å². The molecule has 0 aliphatic rings. The molecule has 2 aromatic rings. The number of halogens is 1. The molecule has 0 amide bonds. The van der Waals surface area contributed by atoms with Crippen molar-refractivity contribution in [2.45, 2.75) is 11.8 Å². The molecule has 0 unspecified atom stereocenters. The summed E-state index contributed by atoms with van der Waals surface area (Å²) in [5.74, 6) is 0.596. The highest BCUT2D eigenvalue weighted by atomic mass is 35.5. The number of rotatable bonds is 4. The lowest BCUT2D eigenvalue weighted by Gasteiger charge is -2.10. The highest BCUT2D eigenvalue weighted by Gasteiger charge is 2.06. The lowest BCUT2D eigenvalue weighted by Crippen LogP contribution is -2.01. The highest BCUT2D eigenvalue weighted by Crippen LogP contribution is 2.23. The molecule has 0 radical (unpaired) electrons. The van der Waals surface area contributed by atoms with Gasteiger partial charge < -0.3 is 10.4 Å². The second-order valence-corrected chi connectivity index (χ2v) is 4.73. The standard InChI is InChI=1S/C12H12ClN3OS/c1-18-12-14-6-8(7-17)11(16-12)15-10-4-2-3-9(13)5-10/h2-6,17H,7H2,1H3,(H,14,15,16). The molecule has 2 rings (SSSR count). The predicted octanol–water partition coefficient (Wildman–Crippen LogP) is 3.09. The number of aliphatic hydroxyl groups is 1. The van der Waals surface area contributed by atoms with Crippen LogP contribution in [0.15, 0.2) is 35.6 Å². The van der Waals surface area contributed by atoms with Crippen LogP contribution in [0.2, 0.25) is 5.02 Å². The quantitative estimate of drug-likeness (QED) is 0.666. The first kappa shape index (κ1) is 13.1. The van der Waals surface area contributed by atoms with Gasteiger partial charge in [0, 0.05) is 22.5 Å². The van der Waals surface area contributed by atoms with Crippen molar-refractivity contribution in [2.24, 2.45) is 0 Å². The normalized spacial score (nSPS) is 10.4. The van der Waals surface area contributed by atoms with Gasteiger partial charge in [0.1, 0.15) is 5.82 Å². The third kappa shape index (κ3) is 3.13. The lowest BCUT2D eigenvalue weighted by molar-refractivity contribution is 0.281. The Balaban J connectivity index is 2.32. The number of aromatic nitrogens is 2. The summed E-state index contributed by atoms with van der Waals surface area (Å²) < 4.78 is 0. The number of nitrogens with zero attached hydrogens (tertiary/aromatic N) is 2. The highest BCUT2D eigenvalue weighted by molar-refractivity contribution is 7.98. The molecule has 0 saturated carbocycles. The number of nitrogens with one attached hydrogen (secondary N) is 1. The zero-order valence-electron chi connectivity index (χ0n) is 9.72. The van der Waals surface area contributed by atoms with Crippen molar-refractivity contribution in [1.82, 2.24) is 9.97 Å². The SMILES string of the molecule is CSc1ncc(CO)c(Nc2cccc(Cl)c2)n1. The van der Waals surface area contributed by atoms with E-state index in [1.165, 1.54) is 11.8 Å². The van der Waals surface area contributed by atoms with E-state index in [1.807, 2.05) is 18.4 Å². The molecule has 0 atom stereocenters. The van der Waals surface area contributed by atoms with E-state index in [9.17, 15) is 5.11 Å². The first-order valence-electron chi connectivity index (χ1n) is 5.26. The smallest absolute Gasteiger partial charge is 0.189 e.